The van der Waals surface area contributed by atoms with E-state index in [1.54, 1.807) is 0 Å². The topological polar surface area (TPSA) is 3.24 Å². The van der Waals surface area contributed by atoms with Crippen molar-refractivity contribution in [2.75, 3.05) is 4.90 Å². The highest BCUT2D eigenvalue weighted by molar-refractivity contribution is 6.25. The van der Waals surface area contributed by atoms with E-state index in [2.05, 4.69) is 217 Å². The smallest absolute Gasteiger partial charge is 0.0625 e. The zero-order valence-corrected chi connectivity index (χ0v) is 30.2. The number of rotatable bonds is 5. The molecule has 0 aromatic heterocycles. The van der Waals surface area contributed by atoms with Crippen LogP contribution in [0.3, 0.4) is 0 Å². The largest absolute Gasteiger partial charge is 0.309 e. The maximum atomic E-state index is 2.52. The van der Waals surface area contributed by atoms with Crippen molar-refractivity contribution in [1.29, 1.82) is 0 Å². The van der Waals surface area contributed by atoms with Gasteiger partial charge in [0.15, 0.2) is 0 Å². The van der Waals surface area contributed by atoms with E-state index in [1.807, 2.05) is 0 Å². The molecular formula is C54H35N. The Morgan fingerprint density at radius 2 is 0.764 bits per heavy atom. The van der Waals surface area contributed by atoms with Crippen molar-refractivity contribution in [1.82, 2.24) is 0 Å². The second-order valence-electron chi connectivity index (χ2n) is 14.4. The Bertz CT molecular complexity index is 3250. The van der Waals surface area contributed by atoms with Gasteiger partial charge in [0.05, 0.1) is 11.4 Å². The molecule has 256 valence electrons. The van der Waals surface area contributed by atoms with Gasteiger partial charge in [-0.1, -0.05) is 188 Å². The SMILES string of the molecule is c1ccc2c(-c3c(N(c4ccc(-c5ccc6c(ccc7ccccc76)c5)cc4)c4cccc5ccccc45)c4ccccc4c4ccccc34)cccc2c1. The third-order valence-corrected chi connectivity index (χ3v) is 11.4. The molecule has 1 nitrogen and oxygen atoms in total. The predicted molar refractivity (Wildman–Crippen MR) is 237 cm³/mol. The van der Waals surface area contributed by atoms with Crippen LogP contribution >= 0.6 is 0 Å². The third kappa shape index (κ3) is 5.09. The van der Waals surface area contributed by atoms with Crippen molar-refractivity contribution in [2.24, 2.45) is 0 Å². The Morgan fingerprint density at radius 1 is 0.273 bits per heavy atom. The van der Waals surface area contributed by atoms with Crippen molar-refractivity contribution < 1.29 is 0 Å². The molecule has 0 saturated carbocycles. The second-order valence-corrected chi connectivity index (χ2v) is 14.4. The molecule has 11 aromatic rings. The molecule has 0 fully saturated rings. The summed E-state index contributed by atoms with van der Waals surface area (Å²) in [6.07, 6.45) is 0. The molecule has 0 bridgehead atoms. The van der Waals surface area contributed by atoms with E-state index in [1.165, 1.54) is 92.6 Å². The molecule has 0 saturated heterocycles. The van der Waals surface area contributed by atoms with E-state index < -0.39 is 0 Å². The van der Waals surface area contributed by atoms with Crippen LogP contribution in [0.5, 0.6) is 0 Å². The number of hydrogen-bond acceptors (Lipinski definition) is 1. The standard InChI is InChI=1S/C54H35N/c1-5-19-44-37(13-1)16-11-25-49(44)53-50-23-9-7-21-47(50)48-22-8-10-24-51(48)54(53)55(52-26-12-17-38-14-3-6-20-46(38)52)42-32-29-36(30-33-42)40-31-34-45-41(35-40)28-27-39-15-2-4-18-43(39)45/h1-35H. The van der Waals surface area contributed by atoms with Gasteiger partial charge in [-0.05, 0) is 94.8 Å². The second kappa shape index (κ2) is 12.7. The highest BCUT2D eigenvalue weighted by Crippen LogP contribution is 2.51. The molecule has 0 unspecified atom stereocenters. The van der Waals surface area contributed by atoms with E-state index in [4.69, 9.17) is 0 Å². The van der Waals surface area contributed by atoms with Gasteiger partial charge in [-0.25, -0.2) is 0 Å². The predicted octanol–water partition coefficient (Wildman–Crippen LogP) is 15.4. The van der Waals surface area contributed by atoms with Gasteiger partial charge in [-0.15, -0.1) is 0 Å². The maximum absolute atomic E-state index is 2.52. The van der Waals surface area contributed by atoms with Gasteiger partial charge < -0.3 is 4.90 Å². The average Bonchev–Trinajstić information content (AvgIpc) is 3.26. The Labute approximate surface area is 320 Å². The highest BCUT2D eigenvalue weighted by atomic mass is 15.1. The number of fused-ring (bicyclic) bond motifs is 8. The highest BCUT2D eigenvalue weighted by Gasteiger charge is 2.25. The number of anilines is 3. The van der Waals surface area contributed by atoms with Crippen LogP contribution in [-0.2, 0) is 0 Å². The van der Waals surface area contributed by atoms with Crippen molar-refractivity contribution in [3.05, 3.63) is 212 Å². The van der Waals surface area contributed by atoms with Crippen molar-refractivity contribution in [2.45, 2.75) is 0 Å². The molecule has 11 aromatic carbocycles. The fourth-order valence-electron chi connectivity index (χ4n) is 8.86. The van der Waals surface area contributed by atoms with Crippen LogP contribution in [0.2, 0.25) is 0 Å². The molecular weight excluding hydrogens is 663 g/mol. The molecule has 0 spiro atoms. The van der Waals surface area contributed by atoms with Crippen LogP contribution in [0.15, 0.2) is 212 Å². The molecule has 1 heteroatoms. The number of benzene rings is 11. The molecule has 0 N–H and O–H groups in total. The number of hydrogen-bond donors (Lipinski definition) is 0. The third-order valence-electron chi connectivity index (χ3n) is 11.4. The first kappa shape index (κ1) is 31.3. The van der Waals surface area contributed by atoms with E-state index in [9.17, 15) is 0 Å². The van der Waals surface area contributed by atoms with Gasteiger partial charge in [-0.2, -0.15) is 0 Å². The molecule has 0 aliphatic carbocycles. The summed E-state index contributed by atoms with van der Waals surface area (Å²) >= 11 is 0. The Hall–Kier alpha value is -7.22. The fraction of sp³-hybridized carbons (Fsp3) is 0. The lowest BCUT2D eigenvalue weighted by Crippen LogP contribution is -2.13. The lowest BCUT2D eigenvalue weighted by atomic mass is 9.87. The Kier molecular flexibility index (Phi) is 7.25. The lowest BCUT2D eigenvalue weighted by Gasteiger charge is -2.32. The Balaban J connectivity index is 1.20. The van der Waals surface area contributed by atoms with E-state index in [0.717, 1.165) is 11.4 Å². The quantitative estimate of drug-likeness (QED) is 0.162. The molecule has 0 aliphatic rings. The minimum atomic E-state index is 1.11. The summed E-state index contributed by atoms with van der Waals surface area (Å²) in [5.74, 6) is 0. The van der Waals surface area contributed by atoms with Gasteiger partial charge in [0, 0.05) is 22.0 Å². The van der Waals surface area contributed by atoms with Crippen LogP contribution in [0.25, 0.3) is 86.9 Å². The first-order chi connectivity index (χ1) is 27.3. The van der Waals surface area contributed by atoms with E-state index >= 15 is 0 Å². The Morgan fingerprint density at radius 3 is 1.51 bits per heavy atom. The van der Waals surface area contributed by atoms with Crippen LogP contribution in [0, 0.1) is 0 Å². The van der Waals surface area contributed by atoms with Gasteiger partial charge in [-0.3, -0.25) is 0 Å². The summed E-state index contributed by atoms with van der Waals surface area (Å²) in [6, 6.07) is 78.0. The van der Waals surface area contributed by atoms with Crippen molar-refractivity contribution in [3.8, 4) is 22.3 Å². The summed E-state index contributed by atoms with van der Waals surface area (Å²) in [6.45, 7) is 0. The normalized spacial score (nSPS) is 11.6. The molecule has 11 rings (SSSR count). The fourth-order valence-corrected chi connectivity index (χ4v) is 8.86. The summed E-state index contributed by atoms with van der Waals surface area (Å²) in [7, 11) is 0. The zero-order valence-electron chi connectivity index (χ0n) is 30.2. The molecule has 0 heterocycles. The minimum Gasteiger partial charge on any atom is -0.309 e. The number of nitrogens with zero attached hydrogens (tertiary/aromatic N) is 1. The van der Waals surface area contributed by atoms with Crippen LogP contribution < -0.4 is 4.90 Å². The molecule has 0 aliphatic heterocycles. The molecule has 0 amide bonds. The summed E-state index contributed by atoms with van der Waals surface area (Å²) in [4.78, 5) is 2.52. The first-order valence-electron chi connectivity index (χ1n) is 19.0. The summed E-state index contributed by atoms with van der Waals surface area (Å²) in [5.41, 5.74) is 8.27. The summed E-state index contributed by atoms with van der Waals surface area (Å²) in [5, 5.41) is 14.9. The monoisotopic (exact) mass is 697 g/mol. The van der Waals surface area contributed by atoms with E-state index in [0.29, 0.717) is 0 Å². The zero-order chi connectivity index (χ0) is 36.3. The van der Waals surface area contributed by atoms with Gasteiger partial charge in [0.1, 0.15) is 0 Å². The average molecular weight is 698 g/mol. The van der Waals surface area contributed by atoms with E-state index in [-0.39, 0.29) is 0 Å². The van der Waals surface area contributed by atoms with Gasteiger partial charge in [0.2, 0.25) is 0 Å². The van der Waals surface area contributed by atoms with Crippen LogP contribution in [0.4, 0.5) is 17.1 Å². The molecule has 0 radical (unpaired) electrons. The first-order valence-corrected chi connectivity index (χ1v) is 19.0. The lowest BCUT2D eigenvalue weighted by molar-refractivity contribution is 1.32. The van der Waals surface area contributed by atoms with Crippen LogP contribution in [0.1, 0.15) is 0 Å². The maximum Gasteiger partial charge on any atom is 0.0625 e. The summed E-state index contributed by atoms with van der Waals surface area (Å²) < 4.78 is 0. The van der Waals surface area contributed by atoms with Gasteiger partial charge in [0.25, 0.3) is 0 Å². The van der Waals surface area contributed by atoms with Gasteiger partial charge >= 0.3 is 0 Å². The minimum absolute atomic E-state index is 1.11. The molecule has 55 heavy (non-hydrogen) atoms. The van der Waals surface area contributed by atoms with Crippen molar-refractivity contribution >= 4 is 81.7 Å². The van der Waals surface area contributed by atoms with Crippen LogP contribution in [-0.4, -0.2) is 0 Å². The molecule has 0 atom stereocenters. The van der Waals surface area contributed by atoms with Crippen molar-refractivity contribution in [3.63, 3.8) is 0 Å².